The number of carbonyl (C=O) groups is 2. The minimum Gasteiger partial charge on any atom is -0.477 e. The molecule has 0 spiro atoms. The fourth-order valence-electron chi connectivity index (χ4n) is 5.17. The fraction of sp³-hybridized carbons (Fsp3) is 0.692. The molecule has 0 aromatic carbocycles. The molecule has 2 aromatic rings. The highest BCUT2D eigenvalue weighted by Gasteiger charge is 2.38. The Balaban J connectivity index is 1.60. The molecule has 2 fully saturated rings. The van der Waals surface area contributed by atoms with E-state index in [1.165, 1.54) is 22.9 Å². The zero-order valence-electron chi connectivity index (χ0n) is 21.4. The van der Waals surface area contributed by atoms with Gasteiger partial charge in [0.05, 0.1) is 5.69 Å². The van der Waals surface area contributed by atoms with Crippen molar-refractivity contribution in [1.29, 1.82) is 0 Å². The van der Waals surface area contributed by atoms with Crippen LogP contribution in [0.1, 0.15) is 99.4 Å². The standard InChI is InChI=1S/C26H37N3O4S2/c1-15-6-8-17(9-7-15)23(30)29(20-14-21(26(3,4)5)34-22(20)24(31)32)18-10-12-19(13-11-18)33-25-27-16(2)28-35-25/h14-15,17-19H,6-13H2,1-5H3,(H,31,32)/t15-,17-,18-,19-. The Morgan fingerprint density at radius 2 is 1.74 bits per heavy atom. The average Bonchev–Trinajstić information content (AvgIpc) is 3.42. The molecule has 192 valence electrons. The lowest BCUT2D eigenvalue weighted by molar-refractivity contribution is -0.124. The normalized spacial score (nSPS) is 25.3. The van der Waals surface area contributed by atoms with Gasteiger partial charge in [-0.25, -0.2) is 4.79 Å². The molecule has 2 aromatic heterocycles. The van der Waals surface area contributed by atoms with Gasteiger partial charge in [-0.05, 0) is 75.7 Å². The molecule has 0 aliphatic heterocycles. The number of aromatic nitrogens is 2. The van der Waals surface area contributed by atoms with E-state index >= 15 is 0 Å². The van der Waals surface area contributed by atoms with Gasteiger partial charge in [0.15, 0.2) is 0 Å². The average molecular weight is 520 g/mol. The minimum atomic E-state index is -0.959. The lowest BCUT2D eigenvalue weighted by Gasteiger charge is -2.39. The first-order chi connectivity index (χ1) is 16.5. The summed E-state index contributed by atoms with van der Waals surface area (Å²) in [7, 11) is 0. The number of anilines is 1. The summed E-state index contributed by atoms with van der Waals surface area (Å²) in [5, 5.41) is 10.7. The summed E-state index contributed by atoms with van der Waals surface area (Å²) in [6, 6.07) is 1.93. The first-order valence-corrected chi connectivity index (χ1v) is 14.3. The molecule has 2 aliphatic carbocycles. The summed E-state index contributed by atoms with van der Waals surface area (Å²) in [6.45, 7) is 10.3. The van der Waals surface area contributed by atoms with E-state index in [4.69, 9.17) is 4.74 Å². The summed E-state index contributed by atoms with van der Waals surface area (Å²) in [6.07, 6.45) is 7.05. The van der Waals surface area contributed by atoms with Gasteiger partial charge in [-0.15, -0.1) is 11.3 Å². The van der Waals surface area contributed by atoms with Crippen LogP contribution in [0.2, 0.25) is 0 Å². The van der Waals surface area contributed by atoms with Crippen molar-refractivity contribution in [3.05, 3.63) is 21.6 Å². The smallest absolute Gasteiger partial charge is 0.348 e. The molecule has 2 heterocycles. The second kappa shape index (κ2) is 10.5. The number of rotatable bonds is 6. The van der Waals surface area contributed by atoms with Gasteiger partial charge < -0.3 is 14.7 Å². The van der Waals surface area contributed by atoms with Gasteiger partial charge in [-0.1, -0.05) is 27.7 Å². The highest BCUT2D eigenvalue weighted by atomic mass is 32.1. The highest BCUT2D eigenvalue weighted by Crippen LogP contribution is 2.42. The molecule has 0 unspecified atom stereocenters. The molecule has 2 saturated carbocycles. The van der Waals surface area contributed by atoms with Crippen molar-refractivity contribution < 1.29 is 19.4 Å². The second-order valence-electron chi connectivity index (χ2n) is 11.2. The van der Waals surface area contributed by atoms with E-state index in [0.717, 1.165) is 56.2 Å². The van der Waals surface area contributed by atoms with Crippen molar-refractivity contribution in [2.45, 2.75) is 104 Å². The Morgan fingerprint density at radius 1 is 1.09 bits per heavy atom. The maximum atomic E-state index is 14.0. The largest absolute Gasteiger partial charge is 0.477 e. The number of carbonyl (C=O) groups excluding carboxylic acids is 1. The Labute approximate surface area is 216 Å². The van der Waals surface area contributed by atoms with Crippen molar-refractivity contribution in [2.75, 3.05) is 4.90 Å². The number of aryl methyl sites for hydroxylation is 1. The van der Waals surface area contributed by atoms with Gasteiger partial charge >= 0.3 is 5.97 Å². The van der Waals surface area contributed by atoms with Crippen LogP contribution < -0.4 is 9.64 Å². The van der Waals surface area contributed by atoms with E-state index < -0.39 is 5.97 Å². The van der Waals surface area contributed by atoms with Crippen LogP contribution in [0.3, 0.4) is 0 Å². The number of nitrogens with zero attached hydrogens (tertiary/aromatic N) is 3. The first-order valence-electron chi connectivity index (χ1n) is 12.7. The monoisotopic (exact) mass is 519 g/mol. The van der Waals surface area contributed by atoms with E-state index in [1.807, 2.05) is 17.9 Å². The topological polar surface area (TPSA) is 92.6 Å². The Morgan fingerprint density at radius 3 is 2.29 bits per heavy atom. The molecule has 2 aliphatic rings. The van der Waals surface area contributed by atoms with Crippen LogP contribution in [-0.2, 0) is 10.2 Å². The van der Waals surface area contributed by atoms with Gasteiger partial charge in [-0.2, -0.15) is 9.36 Å². The van der Waals surface area contributed by atoms with Gasteiger partial charge in [0.2, 0.25) is 5.91 Å². The number of aromatic carboxylic acids is 1. The van der Waals surface area contributed by atoms with Gasteiger partial charge in [0.25, 0.3) is 5.19 Å². The lowest BCUT2D eigenvalue weighted by atomic mass is 9.81. The van der Waals surface area contributed by atoms with E-state index in [2.05, 4.69) is 37.1 Å². The molecule has 0 radical (unpaired) electrons. The molecule has 0 atom stereocenters. The van der Waals surface area contributed by atoms with Crippen LogP contribution in [0.15, 0.2) is 6.07 Å². The van der Waals surface area contributed by atoms with Crippen LogP contribution in [0.25, 0.3) is 0 Å². The number of hydrogen-bond acceptors (Lipinski definition) is 7. The fourth-order valence-corrected chi connectivity index (χ4v) is 6.82. The number of amides is 1. The maximum Gasteiger partial charge on any atom is 0.348 e. The van der Waals surface area contributed by atoms with E-state index in [0.29, 0.717) is 22.6 Å². The van der Waals surface area contributed by atoms with E-state index in [1.54, 1.807) is 0 Å². The first kappa shape index (κ1) is 26.1. The Bertz CT molecular complexity index is 1040. The summed E-state index contributed by atoms with van der Waals surface area (Å²) >= 11 is 2.57. The predicted molar refractivity (Wildman–Crippen MR) is 140 cm³/mol. The summed E-state index contributed by atoms with van der Waals surface area (Å²) in [5.74, 6) is 0.461. The van der Waals surface area contributed by atoms with Crippen molar-refractivity contribution in [2.24, 2.45) is 11.8 Å². The molecular formula is C26H37N3O4S2. The number of carboxylic acid groups (broad SMARTS) is 1. The zero-order valence-corrected chi connectivity index (χ0v) is 23.0. The van der Waals surface area contributed by atoms with Crippen LogP contribution in [0, 0.1) is 18.8 Å². The second-order valence-corrected chi connectivity index (χ2v) is 13.0. The third kappa shape index (κ3) is 6.05. The number of ether oxygens (including phenoxy) is 1. The zero-order chi connectivity index (χ0) is 25.3. The van der Waals surface area contributed by atoms with E-state index in [9.17, 15) is 14.7 Å². The third-order valence-corrected chi connectivity index (χ3v) is 9.53. The summed E-state index contributed by atoms with van der Waals surface area (Å²) in [4.78, 5) is 33.7. The minimum absolute atomic E-state index is 0.0293. The Hall–Kier alpha value is -2.00. The van der Waals surface area contributed by atoms with Gasteiger partial charge in [-0.3, -0.25) is 4.79 Å². The quantitative estimate of drug-likeness (QED) is 0.471. The highest BCUT2D eigenvalue weighted by molar-refractivity contribution is 7.14. The molecule has 1 N–H and O–H groups in total. The molecule has 0 bridgehead atoms. The third-order valence-electron chi connectivity index (χ3n) is 7.29. The van der Waals surface area contributed by atoms with Crippen molar-refractivity contribution in [3.63, 3.8) is 0 Å². The number of hydrogen-bond donors (Lipinski definition) is 1. The number of carboxylic acids is 1. The summed E-state index contributed by atoms with van der Waals surface area (Å²) in [5.41, 5.74) is 0.396. The molecule has 0 saturated heterocycles. The van der Waals surface area contributed by atoms with Crippen molar-refractivity contribution in [3.8, 4) is 5.19 Å². The van der Waals surface area contributed by atoms with Crippen LogP contribution >= 0.6 is 22.9 Å². The molecular weight excluding hydrogens is 482 g/mol. The summed E-state index contributed by atoms with van der Waals surface area (Å²) < 4.78 is 10.3. The van der Waals surface area contributed by atoms with Crippen LogP contribution in [0.5, 0.6) is 5.19 Å². The van der Waals surface area contributed by atoms with Crippen LogP contribution in [0.4, 0.5) is 5.69 Å². The molecule has 7 nitrogen and oxygen atoms in total. The predicted octanol–water partition coefficient (Wildman–Crippen LogP) is 6.45. The maximum absolute atomic E-state index is 14.0. The van der Waals surface area contributed by atoms with Gasteiger partial charge in [0.1, 0.15) is 16.8 Å². The number of thiophene rings is 1. The Kier molecular flexibility index (Phi) is 7.86. The van der Waals surface area contributed by atoms with E-state index in [-0.39, 0.29) is 34.3 Å². The molecule has 35 heavy (non-hydrogen) atoms. The lowest BCUT2D eigenvalue weighted by Crippen LogP contribution is -2.47. The van der Waals surface area contributed by atoms with Gasteiger partial charge in [0, 0.05) is 28.4 Å². The molecule has 1 amide bonds. The SMILES string of the molecule is Cc1nsc(O[C@H]2CC[C@H](N(c3cc(C(C)(C)C)sc3C(=O)O)C(=O)[C@H]3CC[C@H](C)CC3)CC2)n1. The van der Waals surface area contributed by atoms with Crippen molar-refractivity contribution >= 4 is 40.4 Å². The molecule has 4 rings (SSSR count). The van der Waals surface area contributed by atoms with Crippen LogP contribution in [-0.4, -0.2) is 38.5 Å². The van der Waals surface area contributed by atoms with Crippen molar-refractivity contribution in [1.82, 2.24) is 9.36 Å². The molecule has 9 heteroatoms.